The molecule has 37 heavy (non-hydrogen) atoms. The van der Waals surface area contributed by atoms with E-state index in [0.29, 0.717) is 0 Å². The largest absolute Gasteiger partial charge is 0.392 e. The van der Waals surface area contributed by atoms with Gasteiger partial charge in [0.05, 0.1) is 25.4 Å². The van der Waals surface area contributed by atoms with Crippen LogP contribution in [-0.2, 0) is 19.1 Å². The van der Waals surface area contributed by atoms with Gasteiger partial charge in [0.1, 0.15) is 6.79 Å². The molecule has 0 aliphatic heterocycles. The van der Waals surface area contributed by atoms with E-state index in [2.05, 4.69) is 16.6 Å². The maximum Gasteiger partial charge on any atom is 0.226 e. The van der Waals surface area contributed by atoms with Gasteiger partial charge in [-0.3, -0.25) is 0 Å². The van der Waals surface area contributed by atoms with Crippen molar-refractivity contribution in [2.24, 2.45) is 33.5 Å². The summed E-state index contributed by atoms with van der Waals surface area (Å²) in [5, 5.41) is 10.2. The topological polar surface area (TPSA) is 81.6 Å². The first-order valence-corrected chi connectivity index (χ1v) is 13.3. The van der Waals surface area contributed by atoms with Gasteiger partial charge >= 0.3 is 0 Å². The average Bonchev–Trinajstić information content (AvgIpc) is 2.85. The quantitative estimate of drug-likeness (QED) is 0.386. The first kappa shape index (κ1) is 29.2. The molecule has 7 heteroatoms. The molecule has 4 rings (SSSR count). The minimum Gasteiger partial charge on any atom is -0.392 e. The van der Waals surface area contributed by atoms with Crippen molar-refractivity contribution >= 4 is 11.6 Å². The number of fused-ring (bicyclic) bond motifs is 2. The van der Waals surface area contributed by atoms with Gasteiger partial charge in [0, 0.05) is 28.8 Å². The predicted octanol–water partition coefficient (Wildman–Crippen LogP) is 5.76. The number of aliphatic hydroxyl groups excluding tert-OH is 1. The van der Waals surface area contributed by atoms with Crippen molar-refractivity contribution in [2.45, 2.75) is 92.3 Å². The van der Waals surface area contributed by atoms with Crippen molar-refractivity contribution < 1.29 is 24.2 Å². The Bertz CT molecular complexity index is 1070. The van der Waals surface area contributed by atoms with E-state index in [9.17, 15) is 14.7 Å². The summed E-state index contributed by atoms with van der Waals surface area (Å²) in [7, 11) is 1.61. The number of nitrogens with zero attached hydrogens (tertiary/aromatic N) is 2. The Morgan fingerprint density at radius 2 is 1.30 bits per heavy atom. The van der Waals surface area contributed by atoms with Gasteiger partial charge in [-0.2, -0.15) is 0 Å². The number of ether oxygens (including phenoxy) is 2. The summed E-state index contributed by atoms with van der Waals surface area (Å²) in [5.74, 6) is 0.256. The molecule has 0 heterocycles. The number of methoxy groups -OCH3 is 1. The summed E-state index contributed by atoms with van der Waals surface area (Å²) in [6.45, 7) is 26.5. The molecular formula is C30H42N2O5. The molecular weight excluding hydrogens is 468 g/mol. The number of rotatable bonds is 3. The van der Waals surface area contributed by atoms with Crippen LogP contribution in [-0.4, -0.2) is 42.8 Å². The van der Waals surface area contributed by atoms with Crippen LogP contribution >= 0.6 is 0 Å². The SMILES string of the molecule is [C-]#[N+]C1=C[C@]2(C)[C@@H](O)CCC[C@H]2C(C)(C)C1=O.[C-]#[N+]C1=C[C@]2(C)[C@@H](OCOC)CCC[C@H]2C(C)(C)C1=O. The lowest BCUT2D eigenvalue weighted by Gasteiger charge is -2.53. The molecule has 0 aromatic heterocycles. The van der Waals surface area contributed by atoms with E-state index in [1.165, 1.54) is 0 Å². The zero-order valence-electron chi connectivity index (χ0n) is 23.4. The molecule has 202 valence electrons. The number of hydrogen-bond donors (Lipinski definition) is 1. The summed E-state index contributed by atoms with van der Waals surface area (Å²) in [4.78, 5) is 31.5. The molecule has 7 nitrogen and oxygen atoms in total. The smallest absolute Gasteiger partial charge is 0.226 e. The van der Waals surface area contributed by atoms with Gasteiger partial charge in [-0.25, -0.2) is 9.69 Å². The second-order valence-electron chi connectivity index (χ2n) is 12.7. The van der Waals surface area contributed by atoms with E-state index < -0.39 is 22.3 Å². The highest BCUT2D eigenvalue weighted by Crippen LogP contribution is 2.57. The van der Waals surface area contributed by atoms with Gasteiger partial charge in [-0.15, -0.1) is 0 Å². The highest BCUT2D eigenvalue weighted by atomic mass is 16.7. The summed E-state index contributed by atoms with van der Waals surface area (Å²) in [5.41, 5.74) is -1.26. The van der Waals surface area contributed by atoms with E-state index in [1.54, 1.807) is 13.2 Å². The molecule has 4 aliphatic carbocycles. The van der Waals surface area contributed by atoms with Gasteiger partial charge in [0.25, 0.3) is 0 Å². The number of carbonyl (C=O) groups is 2. The lowest BCUT2D eigenvalue weighted by atomic mass is 9.52. The molecule has 0 bridgehead atoms. The molecule has 0 saturated heterocycles. The monoisotopic (exact) mass is 510 g/mol. The van der Waals surface area contributed by atoms with Gasteiger partial charge < -0.3 is 24.2 Å². The van der Waals surface area contributed by atoms with Crippen LogP contribution in [0.2, 0.25) is 0 Å². The summed E-state index contributed by atoms with van der Waals surface area (Å²) in [6, 6.07) is 0. The second kappa shape index (κ2) is 10.4. The Kier molecular flexibility index (Phi) is 8.26. The molecule has 6 atom stereocenters. The molecule has 1 N–H and O–H groups in total. The number of ketones is 2. The van der Waals surface area contributed by atoms with Crippen LogP contribution in [0.1, 0.15) is 80.1 Å². The summed E-state index contributed by atoms with van der Waals surface area (Å²) >= 11 is 0. The average molecular weight is 511 g/mol. The first-order valence-electron chi connectivity index (χ1n) is 13.3. The van der Waals surface area contributed by atoms with Crippen LogP contribution in [0.4, 0.5) is 0 Å². The Hall–Kier alpha value is -2.32. The van der Waals surface area contributed by atoms with E-state index in [1.807, 2.05) is 40.7 Å². The Morgan fingerprint density at radius 1 is 0.838 bits per heavy atom. The van der Waals surface area contributed by atoms with Crippen LogP contribution < -0.4 is 0 Å². The van der Waals surface area contributed by atoms with Crippen LogP contribution in [0.15, 0.2) is 23.5 Å². The molecule has 2 saturated carbocycles. The van der Waals surface area contributed by atoms with Gasteiger partial charge in [-0.05, 0) is 37.5 Å². The maximum atomic E-state index is 12.4. The van der Waals surface area contributed by atoms with Crippen molar-refractivity contribution in [3.05, 3.63) is 46.4 Å². The van der Waals surface area contributed by atoms with Gasteiger partial charge in [0.2, 0.25) is 11.4 Å². The fourth-order valence-corrected chi connectivity index (χ4v) is 7.67. The van der Waals surface area contributed by atoms with Crippen LogP contribution in [0.25, 0.3) is 9.69 Å². The first-order chi connectivity index (χ1) is 17.2. The molecule has 0 amide bonds. The molecule has 0 spiro atoms. The second-order valence-corrected chi connectivity index (χ2v) is 12.7. The van der Waals surface area contributed by atoms with Crippen LogP contribution in [0.5, 0.6) is 0 Å². The molecule has 0 radical (unpaired) electrons. The lowest BCUT2D eigenvalue weighted by Crippen LogP contribution is -2.54. The fraction of sp³-hybridized carbons (Fsp3) is 0.733. The molecule has 4 aliphatic rings. The molecule has 0 aromatic rings. The summed E-state index contributed by atoms with van der Waals surface area (Å²) < 4.78 is 10.9. The third-order valence-corrected chi connectivity index (χ3v) is 9.74. The standard InChI is InChI=1S/C16H23NO3.C14H19NO2/c1-15(2)12-7-6-8-13(20-10-19-5)16(12,3)9-11(17-4)14(15)18;1-13(2)10-6-5-7-11(16)14(10,3)8-9(15-4)12(13)17/h9,12-13H,6-8,10H2,1-3,5H3;8,10-11,16H,5-7H2,1-3H3/t12-,13-,16-;10-,11-,14-/m00/s1. The van der Waals surface area contributed by atoms with Crippen LogP contribution in [0.3, 0.4) is 0 Å². The van der Waals surface area contributed by atoms with Crippen molar-refractivity contribution in [2.75, 3.05) is 13.9 Å². The van der Waals surface area contributed by atoms with E-state index in [0.717, 1.165) is 38.5 Å². The zero-order valence-corrected chi connectivity index (χ0v) is 23.4. The summed E-state index contributed by atoms with van der Waals surface area (Å²) in [6.07, 6.45) is 8.82. The van der Waals surface area contributed by atoms with Crippen LogP contribution in [0, 0.1) is 46.6 Å². The number of carbonyl (C=O) groups excluding carboxylic acids is 2. The Labute approximate surface area is 221 Å². The van der Waals surface area contributed by atoms with Gasteiger partial charge in [-0.1, -0.05) is 66.5 Å². The Morgan fingerprint density at radius 3 is 1.78 bits per heavy atom. The van der Waals surface area contributed by atoms with Crippen molar-refractivity contribution in [1.82, 2.24) is 0 Å². The molecule has 0 aromatic carbocycles. The third kappa shape index (κ3) is 4.83. The van der Waals surface area contributed by atoms with E-state index in [-0.39, 0.29) is 53.1 Å². The van der Waals surface area contributed by atoms with Crippen molar-refractivity contribution in [1.29, 1.82) is 0 Å². The van der Waals surface area contributed by atoms with Crippen molar-refractivity contribution in [3.8, 4) is 0 Å². The van der Waals surface area contributed by atoms with Crippen molar-refractivity contribution in [3.63, 3.8) is 0 Å². The number of allylic oxidation sites excluding steroid dienone is 2. The maximum absolute atomic E-state index is 12.4. The Balaban J connectivity index is 0.000000208. The number of Topliss-reactive ketones (excluding diaryl/α,β-unsaturated/α-hetero) is 2. The predicted molar refractivity (Wildman–Crippen MR) is 141 cm³/mol. The van der Waals surface area contributed by atoms with E-state index >= 15 is 0 Å². The molecule has 2 fully saturated rings. The lowest BCUT2D eigenvalue weighted by molar-refractivity contribution is -0.157. The fourth-order valence-electron chi connectivity index (χ4n) is 7.67. The third-order valence-electron chi connectivity index (χ3n) is 9.74. The highest BCUT2D eigenvalue weighted by molar-refractivity contribution is 6.03. The number of hydrogen-bond acceptors (Lipinski definition) is 5. The van der Waals surface area contributed by atoms with E-state index in [4.69, 9.17) is 22.6 Å². The molecule has 0 unspecified atom stereocenters. The zero-order chi connectivity index (χ0) is 27.8. The minimum atomic E-state index is -0.537. The van der Waals surface area contributed by atoms with Gasteiger partial charge in [0.15, 0.2) is 11.6 Å². The minimum absolute atomic E-state index is 0.00493. The number of aliphatic hydroxyl groups is 1. The normalized spacial score (nSPS) is 37.9. The highest BCUT2D eigenvalue weighted by Gasteiger charge is 2.56.